The Morgan fingerprint density at radius 3 is 2.31 bits per heavy atom. The lowest BCUT2D eigenvalue weighted by Gasteiger charge is -2.44. The molecule has 1 heteroatoms. The molecule has 1 aromatic carbocycles. The summed E-state index contributed by atoms with van der Waals surface area (Å²) in [5.74, 6) is 0. The third-order valence-electron chi connectivity index (χ3n) is 4.46. The molecule has 0 amide bonds. The second-order valence-corrected chi connectivity index (χ2v) is 5.34. The van der Waals surface area contributed by atoms with Crippen LogP contribution < -0.4 is 5.32 Å². The maximum Gasteiger partial charge on any atom is 0.00804 e. The lowest BCUT2D eigenvalue weighted by Crippen LogP contribution is -2.43. The van der Waals surface area contributed by atoms with Gasteiger partial charge in [-0.2, -0.15) is 0 Å². The molecule has 0 atom stereocenters. The Morgan fingerprint density at radius 1 is 1.12 bits per heavy atom. The van der Waals surface area contributed by atoms with Gasteiger partial charge >= 0.3 is 0 Å². The monoisotopic (exact) mass is 217 g/mol. The molecule has 0 aliphatic heterocycles. The summed E-state index contributed by atoms with van der Waals surface area (Å²) in [4.78, 5) is 0. The van der Waals surface area contributed by atoms with Crippen molar-refractivity contribution >= 4 is 0 Å². The van der Waals surface area contributed by atoms with Crippen molar-refractivity contribution in [1.82, 2.24) is 5.32 Å². The molecule has 0 unspecified atom stereocenters. The third-order valence-corrected chi connectivity index (χ3v) is 4.46. The fourth-order valence-electron chi connectivity index (χ4n) is 3.01. The lowest BCUT2D eigenvalue weighted by atomic mass is 9.63. The van der Waals surface area contributed by atoms with Crippen LogP contribution >= 0.6 is 0 Å². The van der Waals surface area contributed by atoms with Crippen LogP contribution in [0.1, 0.15) is 41.5 Å². The van der Waals surface area contributed by atoms with Gasteiger partial charge in [0.2, 0.25) is 0 Å². The molecule has 88 valence electrons. The van der Waals surface area contributed by atoms with Crippen molar-refractivity contribution in [3.8, 4) is 0 Å². The minimum absolute atomic E-state index is 0.428. The summed E-state index contributed by atoms with van der Waals surface area (Å²) in [5.41, 5.74) is 6.41. The molecule has 0 aromatic heterocycles. The van der Waals surface area contributed by atoms with Gasteiger partial charge in [0, 0.05) is 12.0 Å². The van der Waals surface area contributed by atoms with Gasteiger partial charge in [-0.15, -0.1) is 0 Å². The minimum atomic E-state index is 0.428. The fourth-order valence-corrected chi connectivity index (χ4v) is 3.01. The summed E-state index contributed by atoms with van der Waals surface area (Å²) in [6, 6.07) is 4.64. The van der Waals surface area contributed by atoms with Crippen LogP contribution in [0.15, 0.2) is 12.1 Å². The molecular weight excluding hydrogens is 194 g/mol. The van der Waals surface area contributed by atoms with E-state index in [0.717, 1.165) is 6.54 Å². The zero-order valence-corrected chi connectivity index (χ0v) is 11.0. The molecule has 0 bridgehead atoms. The summed E-state index contributed by atoms with van der Waals surface area (Å²) >= 11 is 0. The zero-order valence-electron chi connectivity index (χ0n) is 11.0. The van der Waals surface area contributed by atoms with Crippen LogP contribution in [-0.4, -0.2) is 13.6 Å². The second-order valence-electron chi connectivity index (χ2n) is 5.34. The molecule has 1 nitrogen and oxygen atoms in total. The highest BCUT2D eigenvalue weighted by Crippen LogP contribution is 2.45. The SMILES string of the molecule is CNCC1(c2ccc(C)c(C)c2C)CCC1. The van der Waals surface area contributed by atoms with Crippen LogP contribution in [0.2, 0.25) is 0 Å². The number of aryl methyl sites for hydroxylation is 1. The number of likely N-dealkylation sites (N-methyl/N-ethyl adjacent to an activating group) is 1. The molecule has 1 aromatic rings. The molecule has 1 aliphatic carbocycles. The first kappa shape index (κ1) is 11.7. The maximum atomic E-state index is 3.37. The zero-order chi connectivity index (χ0) is 11.8. The van der Waals surface area contributed by atoms with E-state index in [2.05, 4.69) is 45.3 Å². The number of rotatable bonds is 3. The summed E-state index contributed by atoms with van der Waals surface area (Å²) < 4.78 is 0. The molecule has 0 radical (unpaired) electrons. The van der Waals surface area contributed by atoms with E-state index in [4.69, 9.17) is 0 Å². The van der Waals surface area contributed by atoms with Crippen molar-refractivity contribution in [2.75, 3.05) is 13.6 Å². The molecule has 1 aliphatic rings. The third kappa shape index (κ3) is 1.67. The van der Waals surface area contributed by atoms with Crippen LogP contribution in [0.25, 0.3) is 0 Å². The Kier molecular flexibility index (Phi) is 3.07. The first-order chi connectivity index (χ1) is 7.60. The predicted octanol–water partition coefficient (Wildman–Crippen LogP) is 3.25. The van der Waals surface area contributed by atoms with E-state index in [9.17, 15) is 0 Å². The molecule has 1 N–H and O–H groups in total. The molecular formula is C15H23N. The molecule has 16 heavy (non-hydrogen) atoms. The van der Waals surface area contributed by atoms with E-state index in [1.165, 1.54) is 36.0 Å². The molecule has 1 fully saturated rings. The average Bonchev–Trinajstić information content (AvgIpc) is 2.21. The Balaban J connectivity index is 2.43. The molecule has 0 spiro atoms. The first-order valence-electron chi connectivity index (χ1n) is 6.32. The van der Waals surface area contributed by atoms with Gasteiger partial charge in [-0.1, -0.05) is 18.6 Å². The number of benzene rings is 1. The highest BCUT2D eigenvalue weighted by atomic mass is 14.8. The van der Waals surface area contributed by atoms with Crippen LogP contribution in [-0.2, 0) is 5.41 Å². The van der Waals surface area contributed by atoms with Crippen molar-refractivity contribution in [1.29, 1.82) is 0 Å². The van der Waals surface area contributed by atoms with E-state index in [1.54, 1.807) is 5.56 Å². The van der Waals surface area contributed by atoms with Crippen molar-refractivity contribution in [2.45, 2.75) is 45.4 Å². The minimum Gasteiger partial charge on any atom is -0.319 e. The van der Waals surface area contributed by atoms with Gasteiger partial charge in [-0.25, -0.2) is 0 Å². The summed E-state index contributed by atoms with van der Waals surface area (Å²) in [6.07, 6.45) is 4.07. The predicted molar refractivity (Wildman–Crippen MR) is 70.1 cm³/mol. The fraction of sp³-hybridized carbons (Fsp3) is 0.600. The standard InChI is InChI=1S/C15H23N/c1-11-6-7-14(13(3)12(11)2)15(10-16-4)8-5-9-15/h6-7,16H,5,8-10H2,1-4H3. The maximum absolute atomic E-state index is 3.37. The highest BCUT2D eigenvalue weighted by Gasteiger charge is 2.39. The van der Waals surface area contributed by atoms with Gasteiger partial charge in [-0.05, 0) is 62.9 Å². The average molecular weight is 217 g/mol. The Hall–Kier alpha value is -0.820. The van der Waals surface area contributed by atoms with E-state index in [1.807, 2.05) is 0 Å². The summed E-state index contributed by atoms with van der Waals surface area (Å²) in [6.45, 7) is 7.86. The largest absolute Gasteiger partial charge is 0.319 e. The summed E-state index contributed by atoms with van der Waals surface area (Å²) in [5, 5.41) is 3.37. The normalized spacial score (nSPS) is 18.2. The molecule has 2 rings (SSSR count). The molecule has 0 heterocycles. The highest BCUT2D eigenvalue weighted by molar-refractivity contribution is 5.44. The van der Waals surface area contributed by atoms with Gasteiger partial charge in [-0.3, -0.25) is 0 Å². The van der Waals surface area contributed by atoms with Crippen molar-refractivity contribution in [2.24, 2.45) is 0 Å². The van der Waals surface area contributed by atoms with Gasteiger partial charge in [0.15, 0.2) is 0 Å². The van der Waals surface area contributed by atoms with Crippen molar-refractivity contribution in [3.63, 3.8) is 0 Å². The molecule has 1 saturated carbocycles. The van der Waals surface area contributed by atoms with E-state index in [0.29, 0.717) is 5.41 Å². The lowest BCUT2D eigenvalue weighted by molar-refractivity contribution is 0.237. The van der Waals surface area contributed by atoms with E-state index in [-0.39, 0.29) is 0 Å². The Morgan fingerprint density at radius 2 is 1.81 bits per heavy atom. The number of nitrogens with one attached hydrogen (secondary N) is 1. The molecule has 0 saturated heterocycles. The van der Waals surface area contributed by atoms with Crippen LogP contribution in [0.3, 0.4) is 0 Å². The quantitative estimate of drug-likeness (QED) is 0.819. The Labute approximate surface area is 99.3 Å². The van der Waals surface area contributed by atoms with Crippen molar-refractivity contribution < 1.29 is 0 Å². The van der Waals surface area contributed by atoms with Crippen LogP contribution in [0, 0.1) is 20.8 Å². The van der Waals surface area contributed by atoms with Gasteiger partial charge < -0.3 is 5.32 Å². The van der Waals surface area contributed by atoms with Gasteiger partial charge in [0.1, 0.15) is 0 Å². The first-order valence-corrected chi connectivity index (χ1v) is 6.32. The second kappa shape index (κ2) is 4.21. The summed E-state index contributed by atoms with van der Waals surface area (Å²) in [7, 11) is 2.07. The van der Waals surface area contributed by atoms with E-state index >= 15 is 0 Å². The van der Waals surface area contributed by atoms with Crippen LogP contribution in [0.4, 0.5) is 0 Å². The Bertz CT molecular complexity index is 389. The van der Waals surface area contributed by atoms with Crippen LogP contribution in [0.5, 0.6) is 0 Å². The number of hydrogen-bond acceptors (Lipinski definition) is 1. The smallest absolute Gasteiger partial charge is 0.00804 e. The van der Waals surface area contributed by atoms with Crippen molar-refractivity contribution in [3.05, 3.63) is 34.4 Å². The van der Waals surface area contributed by atoms with Gasteiger partial charge in [0.05, 0.1) is 0 Å². The topological polar surface area (TPSA) is 12.0 Å². The number of hydrogen-bond donors (Lipinski definition) is 1. The van der Waals surface area contributed by atoms with E-state index < -0.39 is 0 Å². The van der Waals surface area contributed by atoms with Gasteiger partial charge in [0.25, 0.3) is 0 Å².